The van der Waals surface area contributed by atoms with E-state index < -0.39 is 5.97 Å². The minimum Gasteiger partial charge on any atom is -0.478 e. The maximum Gasteiger partial charge on any atom is 0.335 e. The van der Waals surface area contributed by atoms with E-state index in [1.54, 1.807) is 21.9 Å². The number of carboxylic acids is 1. The summed E-state index contributed by atoms with van der Waals surface area (Å²) in [5.41, 5.74) is 0.859. The number of piperazine rings is 1. The van der Waals surface area contributed by atoms with Gasteiger partial charge in [0.2, 0.25) is 5.91 Å². The maximum atomic E-state index is 12.3. The molecule has 2 N–H and O–H groups in total. The van der Waals surface area contributed by atoms with Crippen LogP contribution in [0.4, 0.5) is 4.79 Å². The Bertz CT molecular complexity index is 595. The Morgan fingerprint density at radius 3 is 2.39 bits per heavy atom. The zero-order valence-corrected chi connectivity index (χ0v) is 13.1. The molecule has 1 heterocycles. The van der Waals surface area contributed by atoms with Gasteiger partial charge in [-0.05, 0) is 24.6 Å². The van der Waals surface area contributed by atoms with Crippen molar-refractivity contribution in [2.24, 2.45) is 0 Å². The third-order valence-electron chi connectivity index (χ3n) is 3.78. The molecule has 0 radical (unpaired) electrons. The summed E-state index contributed by atoms with van der Waals surface area (Å²) in [7, 11) is 0. The highest BCUT2D eigenvalue weighted by Gasteiger charge is 2.23. The van der Waals surface area contributed by atoms with Crippen molar-refractivity contribution in [1.82, 2.24) is 15.1 Å². The van der Waals surface area contributed by atoms with Crippen LogP contribution in [0, 0.1) is 0 Å². The van der Waals surface area contributed by atoms with Gasteiger partial charge in [0.15, 0.2) is 0 Å². The van der Waals surface area contributed by atoms with Crippen molar-refractivity contribution in [2.75, 3.05) is 32.7 Å². The molecule has 23 heavy (non-hydrogen) atoms. The molecule has 0 saturated carbocycles. The van der Waals surface area contributed by atoms with Gasteiger partial charge in [-0.15, -0.1) is 0 Å². The van der Waals surface area contributed by atoms with Crippen LogP contribution in [0.1, 0.15) is 22.8 Å². The summed E-state index contributed by atoms with van der Waals surface area (Å²) < 4.78 is 0. The molecule has 0 atom stereocenters. The van der Waals surface area contributed by atoms with Gasteiger partial charge in [0.25, 0.3) is 0 Å². The molecule has 0 aromatic heterocycles. The van der Waals surface area contributed by atoms with E-state index in [1.165, 1.54) is 12.1 Å². The Morgan fingerprint density at radius 1 is 1.13 bits per heavy atom. The second kappa shape index (κ2) is 7.62. The molecule has 1 aromatic carbocycles. The summed E-state index contributed by atoms with van der Waals surface area (Å²) in [5.74, 6) is -1.06. The molecule has 3 amide bonds. The lowest BCUT2D eigenvalue weighted by molar-refractivity contribution is -0.131. The lowest BCUT2D eigenvalue weighted by atomic mass is 10.1. The standard InChI is InChI=1S/C16H21N3O4/c1-2-17-16(23)19-8-6-18(7-9-19)14(20)11-12-4-3-5-13(10-12)15(21)22/h3-5,10H,2,6-9,11H2,1H3,(H,17,23)(H,21,22). The van der Waals surface area contributed by atoms with Gasteiger partial charge in [-0.1, -0.05) is 12.1 Å². The molecule has 1 saturated heterocycles. The Kier molecular flexibility index (Phi) is 5.56. The zero-order chi connectivity index (χ0) is 16.8. The number of nitrogens with one attached hydrogen (secondary N) is 1. The number of carboxylic acid groups (broad SMARTS) is 1. The fraction of sp³-hybridized carbons (Fsp3) is 0.438. The van der Waals surface area contributed by atoms with Crippen molar-refractivity contribution < 1.29 is 19.5 Å². The first-order chi connectivity index (χ1) is 11.0. The van der Waals surface area contributed by atoms with Crippen molar-refractivity contribution >= 4 is 17.9 Å². The van der Waals surface area contributed by atoms with Gasteiger partial charge >= 0.3 is 12.0 Å². The first-order valence-corrected chi connectivity index (χ1v) is 7.64. The normalized spacial score (nSPS) is 14.5. The van der Waals surface area contributed by atoms with Gasteiger partial charge in [-0.3, -0.25) is 4.79 Å². The molecule has 1 fully saturated rings. The van der Waals surface area contributed by atoms with Gasteiger partial charge in [0.1, 0.15) is 0 Å². The number of aromatic carboxylic acids is 1. The summed E-state index contributed by atoms with van der Waals surface area (Å²) in [6.07, 6.45) is 0.169. The van der Waals surface area contributed by atoms with Crippen LogP contribution in [-0.2, 0) is 11.2 Å². The highest BCUT2D eigenvalue weighted by atomic mass is 16.4. The molecule has 1 aliphatic heterocycles. The third-order valence-corrected chi connectivity index (χ3v) is 3.78. The number of urea groups is 1. The number of amides is 3. The first-order valence-electron chi connectivity index (χ1n) is 7.64. The van der Waals surface area contributed by atoms with Crippen molar-refractivity contribution in [1.29, 1.82) is 0 Å². The highest BCUT2D eigenvalue weighted by molar-refractivity contribution is 5.88. The monoisotopic (exact) mass is 319 g/mol. The minimum absolute atomic E-state index is 0.0527. The van der Waals surface area contributed by atoms with Gasteiger partial charge in [0.05, 0.1) is 12.0 Å². The molecule has 1 aromatic rings. The number of benzene rings is 1. The number of rotatable bonds is 4. The fourth-order valence-corrected chi connectivity index (χ4v) is 2.52. The van der Waals surface area contributed by atoms with Crippen molar-refractivity contribution in [2.45, 2.75) is 13.3 Å². The van der Waals surface area contributed by atoms with Crippen LogP contribution in [-0.4, -0.2) is 65.5 Å². The maximum absolute atomic E-state index is 12.3. The van der Waals surface area contributed by atoms with E-state index in [-0.39, 0.29) is 23.9 Å². The lowest BCUT2D eigenvalue weighted by Gasteiger charge is -2.34. The van der Waals surface area contributed by atoms with E-state index in [9.17, 15) is 14.4 Å². The number of hydrogen-bond donors (Lipinski definition) is 2. The Hall–Kier alpha value is -2.57. The molecule has 0 aliphatic carbocycles. The molecule has 0 spiro atoms. The molecule has 7 nitrogen and oxygen atoms in total. The van der Waals surface area contributed by atoms with Crippen LogP contribution in [0.2, 0.25) is 0 Å². The van der Waals surface area contributed by atoms with Crippen molar-refractivity contribution in [3.63, 3.8) is 0 Å². The molecule has 0 unspecified atom stereocenters. The van der Waals surface area contributed by atoms with E-state index in [2.05, 4.69) is 5.32 Å². The molecule has 1 aliphatic rings. The predicted molar refractivity (Wildman–Crippen MR) is 84.3 cm³/mol. The Balaban J connectivity index is 1.89. The summed E-state index contributed by atoms with van der Waals surface area (Å²) in [6, 6.07) is 6.30. The van der Waals surface area contributed by atoms with Crippen LogP contribution in [0.3, 0.4) is 0 Å². The summed E-state index contributed by atoms with van der Waals surface area (Å²) >= 11 is 0. The highest BCUT2D eigenvalue weighted by Crippen LogP contribution is 2.10. The predicted octanol–water partition coefficient (Wildman–Crippen LogP) is 0.801. The zero-order valence-electron chi connectivity index (χ0n) is 13.1. The Labute approximate surface area is 134 Å². The van der Waals surface area contributed by atoms with Gasteiger partial charge < -0.3 is 20.2 Å². The fourth-order valence-electron chi connectivity index (χ4n) is 2.52. The van der Waals surface area contributed by atoms with Crippen LogP contribution in [0.5, 0.6) is 0 Å². The topological polar surface area (TPSA) is 90.0 Å². The first kappa shape index (κ1) is 16.8. The quantitative estimate of drug-likeness (QED) is 0.859. The molecular formula is C16H21N3O4. The number of carbonyl (C=O) groups is 3. The largest absolute Gasteiger partial charge is 0.478 e. The van der Waals surface area contributed by atoms with Crippen molar-refractivity contribution in [3.05, 3.63) is 35.4 Å². The third kappa shape index (κ3) is 4.45. The number of carbonyl (C=O) groups excluding carboxylic acids is 2. The number of nitrogens with zero attached hydrogens (tertiary/aromatic N) is 2. The van der Waals surface area contributed by atoms with E-state index in [4.69, 9.17) is 5.11 Å². The van der Waals surface area contributed by atoms with Gasteiger partial charge in [0, 0.05) is 32.7 Å². The van der Waals surface area contributed by atoms with Crippen LogP contribution < -0.4 is 5.32 Å². The summed E-state index contributed by atoms with van der Waals surface area (Å²) in [4.78, 5) is 38.4. The smallest absolute Gasteiger partial charge is 0.335 e. The second-order valence-corrected chi connectivity index (χ2v) is 5.39. The van der Waals surface area contributed by atoms with Crippen molar-refractivity contribution in [3.8, 4) is 0 Å². The van der Waals surface area contributed by atoms with E-state index in [0.29, 0.717) is 38.3 Å². The molecule has 124 valence electrons. The van der Waals surface area contributed by atoms with Crippen LogP contribution in [0.25, 0.3) is 0 Å². The average Bonchev–Trinajstić information content (AvgIpc) is 2.55. The van der Waals surface area contributed by atoms with Gasteiger partial charge in [-0.2, -0.15) is 0 Å². The minimum atomic E-state index is -1.00. The van der Waals surface area contributed by atoms with E-state index in [0.717, 1.165) is 0 Å². The van der Waals surface area contributed by atoms with Crippen LogP contribution >= 0.6 is 0 Å². The number of hydrogen-bond acceptors (Lipinski definition) is 3. The van der Waals surface area contributed by atoms with Gasteiger partial charge in [-0.25, -0.2) is 9.59 Å². The average molecular weight is 319 g/mol. The lowest BCUT2D eigenvalue weighted by Crippen LogP contribution is -2.53. The van der Waals surface area contributed by atoms with E-state index in [1.807, 2.05) is 6.92 Å². The molecular weight excluding hydrogens is 298 g/mol. The second-order valence-electron chi connectivity index (χ2n) is 5.39. The van der Waals surface area contributed by atoms with E-state index >= 15 is 0 Å². The summed E-state index contributed by atoms with van der Waals surface area (Å²) in [5, 5.41) is 11.7. The molecule has 2 rings (SSSR count). The van der Waals surface area contributed by atoms with Crippen LogP contribution in [0.15, 0.2) is 24.3 Å². The molecule has 7 heteroatoms. The summed E-state index contributed by atoms with van der Waals surface area (Å²) in [6.45, 7) is 4.45. The SMILES string of the molecule is CCNC(=O)N1CCN(C(=O)Cc2cccc(C(=O)O)c2)CC1. The Morgan fingerprint density at radius 2 is 1.78 bits per heavy atom. The molecule has 0 bridgehead atoms.